The molecule has 0 radical (unpaired) electrons. The van der Waals surface area contributed by atoms with E-state index < -0.39 is 8.18 Å². The molecule has 0 saturated carbocycles. The van der Waals surface area contributed by atoms with Crippen LogP contribution in [0.5, 0.6) is 0 Å². The number of hydrogen-bond acceptors (Lipinski definition) is 1. The molecular weight excluding hydrogens is 125 g/mol. The van der Waals surface area contributed by atoms with Gasteiger partial charge in [-0.25, -0.2) is 0 Å². The van der Waals surface area contributed by atoms with Crippen LogP contribution in [0, 0.1) is 0 Å². The van der Waals surface area contributed by atoms with Gasteiger partial charge in [0.1, 0.15) is 0 Å². The Bertz CT molecular complexity index is 86.1. The van der Waals surface area contributed by atoms with Crippen LogP contribution in [0.1, 0.15) is 20.3 Å². The van der Waals surface area contributed by atoms with Crippen molar-refractivity contribution in [2.24, 2.45) is 0 Å². The second kappa shape index (κ2) is 3.96. The number of nitrogens with one attached hydrogen (secondary N) is 1. The summed E-state index contributed by atoms with van der Waals surface area (Å²) in [5, 5.41) is 2.46. The van der Waals surface area contributed by atoms with Crippen LogP contribution in [0.25, 0.3) is 0 Å². The summed E-state index contributed by atoms with van der Waals surface area (Å²) < 4.78 is 10.0. The predicted molar refractivity (Wildman–Crippen MR) is 32.7 cm³/mol. The van der Waals surface area contributed by atoms with Crippen LogP contribution in [0.4, 0.5) is 0 Å². The molecule has 8 heavy (non-hydrogen) atoms. The summed E-state index contributed by atoms with van der Waals surface area (Å²) in [4.78, 5) is 8.25. The highest BCUT2D eigenvalue weighted by atomic mass is 31.1. The fourth-order valence-electron chi connectivity index (χ4n) is 0.280. The van der Waals surface area contributed by atoms with Crippen LogP contribution in [0.2, 0.25) is 0 Å². The first-order valence-electron chi connectivity index (χ1n) is 2.59. The van der Waals surface area contributed by atoms with E-state index >= 15 is 0 Å². The van der Waals surface area contributed by atoms with E-state index in [2.05, 4.69) is 5.09 Å². The molecule has 2 unspecified atom stereocenters. The summed E-state index contributed by atoms with van der Waals surface area (Å²) >= 11 is 0. The van der Waals surface area contributed by atoms with Gasteiger partial charge in [-0.05, 0) is 17.9 Å². The first-order chi connectivity index (χ1) is 3.66. The van der Waals surface area contributed by atoms with Crippen molar-refractivity contribution in [1.29, 1.82) is 0 Å². The highest BCUT2D eigenvalue weighted by Gasteiger charge is 2.12. The fraction of sp³-hybridized carbons (Fsp3) is 1.00. The molecule has 0 fully saturated rings. The van der Waals surface area contributed by atoms with Gasteiger partial charge in [0.25, 0.3) is 0 Å². The van der Waals surface area contributed by atoms with Crippen LogP contribution in [0.15, 0.2) is 0 Å². The molecule has 0 saturated heterocycles. The molecule has 0 aromatic carbocycles. The zero-order valence-electron chi connectivity index (χ0n) is 5.09. The Morgan fingerprint density at radius 2 is 2.38 bits per heavy atom. The van der Waals surface area contributed by atoms with Gasteiger partial charge in [0.15, 0.2) is 0 Å². The molecule has 48 valence electrons. The average molecular weight is 136 g/mol. The molecule has 0 spiro atoms. The standard InChI is InChI=1S/C4H10NO2P/c1-3-4(2)5-8(6)7/h4H,3H2,1-2H3,(H-,5,6,7)/p+1. The van der Waals surface area contributed by atoms with Crippen molar-refractivity contribution in [3.05, 3.63) is 0 Å². The quantitative estimate of drug-likeness (QED) is 0.569. The molecule has 0 rings (SSSR count). The van der Waals surface area contributed by atoms with Crippen molar-refractivity contribution in [2.45, 2.75) is 26.3 Å². The second-order valence-electron chi connectivity index (χ2n) is 1.71. The maximum Gasteiger partial charge on any atom is 0.610 e. The molecule has 4 heteroatoms. The summed E-state index contributed by atoms with van der Waals surface area (Å²) in [7, 11) is -2.15. The third-order valence-electron chi connectivity index (χ3n) is 0.943. The molecule has 3 nitrogen and oxygen atoms in total. The molecule has 0 heterocycles. The average Bonchev–Trinajstić information content (AvgIpc) is 1.65. The Labute approximate surface area is 50.0 Å². The summed E-state index contributed by atoms with van der Waals surface area (Å²) in [6, 6.07) is 0.142. The van der Waals surface area contributed by atoms with E-state index in [0.717, 1.165) is 6.42 Å². The van der Waals surface area contributed by atoms with Crippen LogP contribution < -0.4 is 5.09 Å². The van der Waals surface area contributed by atoms with Gasteiger partial charge in [-0.2, -0.15) is 0 Å². The first-order valence-corrected chi connectivity index (χ1v) is 3.80. The topological polar surface area (TPSA) is 49.3 Å². The lowest BCUT2D eigenvalue weighted by atomic mass is 10.3. The molecule has 2 atom stereocenters. The maximum absolute atomic E-state index is 10.0. The van der Waals surface area contributed by atoms with Crippen LogP contribution in [-0.4, -0.2) is 10.9 Å². The summed E-state index contributed by atoms with van der Waals surface area (Å²) in [6.07, 6.45) is 0.877. The van der Waals surface area contributed by atoms with E-state index in [0.29, 0.717) is 0 Å². The SMILES string of the molecule is CCC(C)N[P+](=O)O. The van der Waals surface area contributed by atoms with Crippen molar-refractivity contribution in [3.63, 3.8) is 0 Å². The van der Waals surface area contributed by atoms with Gasteiger partial charge in [-0.3, -0.25) is 0 Å². The Hall–Kier alpha value is 0.0200. The van der Waals surface area contributed by atoms with Gasteiger partial charge in [0.2, 0.25) is 0 Å². The van der Waals surface area contributed by atoms with Gasteiger partial charge in [0, 0.05) is 0 Å². The van der Waals surface area contributed by atoms with Gasteiger partial charge < -0.3 is 0 Å². The van der Waals surface area contributed by atoms with Crippen molar-refractivity contribution >= 4 is 8.18 Å². The lowest BCUT2D eigenvalue weighted by molar-refractivity contribution is 0.475. The Morgan fingerprint density at radius 1 is 1.88 bits per heavy atom. The molecule has 0 aromatic heterocycles. The monoisotopic (exact) mass is 136 g/mol. The Morgan fingerprint density at radius 3 is 2.50 bits per heavy atom. The maximum atomic E-state index is 10.0. The summed E-state index contributed by atoms with van der Waals surface area (Å²) in [6.45, 7) is 3.82. The molecule has 2 N–H and O–H groups in total. The summed E-state index contributed by atoms with van der Waals surface area (Å²) in [5.41, 5.74) is 0. The summed E-state index contributed by atoms with van der Waals surface area (Å²) in [5.74, 6) is 0. The third-order valence-corrected chi connectivity index (χ3v) is 1.60. The van der Waals surface area contributed by atoms with E-state index in [-0.39, 0.29) is 6.04 Å². The predicted octanol–water partition coefficient (Wildman–Crippen LogP) is 1.02. The van der Waals surface area contributed by atoms with E-state index in [1.54, 1.807) is 0 Å². The molecular formula is C4H11NO2P+. The minimum absolute atomic E-state index is 0.142. The van der Waals surface area contributed by atoms with Crippen LogP contribution in [-0.2, 0) is 4.57 Å². The molecule has 0 aliphatic rings. The first kappa shape index (κ1) is 8.02. The van der Waals surface area contributed by atoms with Crippen LogP contribution in [0.3, 0.4) is 0 Å². The fourth-order valence-corrected chi connectivity index (χ4v) is 0.839. The highest BCUT2D eigenvalue weighted by molar-refractivity contribution is 7.35. The molecule has 0 aliphatic heterocycles. The lowest BCUT2D eigenvalue weighted by Crippen LogP contribution is -2.16. The second-order valence-corrected chi connectivity index (χ2v) is 2.52. The third kappa shape index (κ3) is 4.19. The zero-order chi connectivity index (χ0) is 6.57. The number of rotatable bonds is 3. The van der Waals surface area contributed by atoms with E-state index in [9.17, 15) is 4.57 Å². The van der Waals surface area contributed by atoms with Gasteiger partial charge >= 0.3 is 8.18 Å². The zero-order valence-corrected chi connectivity index (χ0v) is 5.98. The molecule has 0 bridgehead atoms. The van der Waals surface area contributed by atoms with E-state index in [1.807, 2.05) is 13.8 Å². The number of hydrogen-bond donors (Lipinski definition) is 2. The van der Waals surface area contributed by atoms with Crippen LogP contribution >= 0.6 is 8.18 Å². The van der Waals surface area contributed by atoms with Gasteiger partial charge in [0.05, 0.1) is 6.04 Å². The van der Waals surface area contributed by atoms with Gasteiger partial charge in [-0.15, -0.1) is 4.89 Å². The smallest absolute Gasteiger partial charge is 0.144 e. The minimum atomic E-state index is -2.15. The van der Waals surface area contributed by atoms with E-state index in [4.69, 9.17) is 4.89 Å². The van der Waals surface area contributed by atoms with Crippen molar-refractivity contribution in [1.82, 2.24) is 5.09 Å². The molecule has 0 aliphatic carbocycles. The largest absolute Gasteiger partial charge is 0.610 e. The van der Waals surface area contributed by atoms with Crippen molar-refractivity contribution < 1.29 is 9.46 Å². The molecule has 0 aromatic rings. The molecule has 0 amide bonds. The normalized spacial score (nSPS) is 15.6. The Kier molecular flexibility index (Phi) is 3.97. The van der Waals surface area contributed by atoms with Crippen molar-refractivity contribution in [3.8, 4) is 0 Å². The van der Waals surface area contributed by atoms with Crippen molar-refractivity contribution in [2.75, 3.05) is 0 Å². The van der Waals surface area contributed by atoms with Gasteiger partial charge in [-0.1, -0.05) is 12.0 Å². The lowest BCUT2D eigenvalue weighted by Gasteiger charge is -1.95. The van der Waals surface area contributed by atoms with E-state index in [1.165, 1.54) is 0 Å². The minimum Gasteiger partial charge on any atom is -0.144 e. The Balaban J connectivity index is 3.24. The highest BCUT2D eigenvalue weighted by Crippen LogP contribution is 2.07.